The van der Waals surface area contributed by atoms with Crippen LogP contribution in [0, 0.1) is 11.8 Å². The van der Waals surface area contributed by atoms with Crippen molar-refractivity contribution in [2.24, 2.45) is 11.8 Å². The van der Waals surface area contributed by atoms with Gasteiger partial charge in [-0.15, -0.1) is 0 Å². The maximum Gasteiger partial charge on any atom is 0.307 e. The molecular weight excluding hydrogens is 234 g/mol. The maximum absolute atomic E-state index is 11.8. The zero-order valence-electron chi connectivity index (χ0n) is 11.0. The first-order valence-corrected chi connectivity index (χ1v) is 6.66. The van der Waals surface area contributed by atoms with E-state index in [2.05, 4.69) is 5.32 Å². The van der Waals surface area contributed by atoms with E-state index in [-0.39, 0.29) is 11.8 Å². The lowest BCUT2D eigenvalue weighted by Gasteiger charge is -2.15. The molecule has 0 aromatic heterocycles. The van der Waals surface area contributed by atoms with Crippen molar-refractivity contribution >= 4 is 11.9 Å². The molecule has 5 heteroatoms. The first kappa shape index (κ1) is 15.0. The van der Waals surface area contributed by atoms with Gasteiger partial charge in [0, 0.05) is 20.3 Å². The molecule has 1 aliphatic carbocycles. The Bertz CT molecular complexity index is 280. The number of carbonyl (C=O) groups excluding carboxylic acids is 1. The number of aliphatic carboxylic acids is 1. The number of nitrogens with one attached hydrogen (secondary N) is 1. The Morgan fingerprint density at radius 2 is 1.94 bits per heavy atom. The van der Waals surface area contributed by atoms with Crippen LogP contribution in [0.15, 0.2) is 0 Å². The van der Waals surface area contributed by atoms with Crippen molar-refractivity contribution in [2.45, 2.75) is 38.5 Å². The van der Waals surface area contributed by atoms with Crippen molar-refractivity contribution in [3.63, 3.8) is 0 Å². The Balaban J connectivity index is 2.18. The van der Waals surface area contributed by atoms with Crippen molar-refractivity contribution < 1.29 is 19.4 Å². The first-order chi connectivity index (χ1) is 8.66. The van der Waals surface area contributed by atoms with Crippen molar-refractivity contribution in [1.29, 1.82) is 0 Å². The minimum Gasteiger partial charge on any atom is -0.481 e. The first-order valence-electron chi connectivity index (χ1n) is 6.66. The van der Waals surface area contributed by atoms with E-state index in [9.17, 15) is 9.59 Å². The molecule has 0 aromatic rings. The summed E-state index contributed by atoms with van der Waals surface area (Å²) < 4.78 is 4.94. The molecular formula is C13H23NO4. The van der Waals surface area contributed by atoms with Crippen LogP contribution in [0.4, 0.5) is 0 Å². The van der Waals surface area contributed by atoms with Crippen LogP contribution < -0.4 is 5.32 Å². The summed E-state index contributed by atoms with van der Waals surface area (Å²) >= 11 is 0. The summed E-state index contributed by atoms with van der Waals surface area (Å²) in [5.41, 5.74) is 0. The molecule has 0 spiro atoms. The Morgan fingerprint density at radius 3 is 2.61 bits per heavy atom. The minimum atomic E-state index is -0.840. The van der Waals surface area contributed by atoms with E-state index in [0.717, 1.165) is 32.3 Å². The van der Waals surface area contributed by atoms with Crippen molar-refractivity contribution in [1.82, 2.24) is 5.32 Å². The van der Waals surface area contributed by atoms with Gasteiger partial charge in [-0.3, -0.25) is 9.59 Å². The molecule has 5 nitrogen and oxygen atoms in total. The van der Waals surface area contributed by atoms with Crippen LogP contribution in [0.5, 0.6) is 0 Å². The molecule has 1 aliphatic rings. The van der Waals surface area contributed by atoms with Crippen molar-refractivity contribution in [2.75, 3.05) is 20.3 Å². The summed E-state index contributed by atoms with van der Waals surface area (Å²) in [7, 11) is 1.67. The second-order valence-electron chi connectivity index (χ2n) is 4.83. The normalized spacial score (nSPS) is 22.9. The molecule has 0 unspecified atom stereocenters. The number of carbonyl (C=O) groups is 2. The number of hydrogen-bond acceptors (Lipinski definition) is 3. The van der Waals surface area contributed by atoms with Crippen LogP contribution >= 0.6 is 0 Å². The zero-order valence-corrected chi connectivity index (χ0v) is 11.0. The van der Waals surface area contributed by atoms with Crippen molar-refractivity contribution in [3.05, 3.63) is 0 Å². The quantitative estimate of drug-likeness (QED) is 0.645. The Hall–Kier alpha value is -1.10. The Kier molecular flexibility index (Phi) is 6.72. The van der Waals surface area contributed by atoms with Gasteiger partial charge in [0.25, 0.3) is 0 Å². The van der Waals surface area contributed by atoms with Gasteiger partial charge in [-0.2, -0.15) is 0 Å². The van der Waals surface area contributed by atoms with E-state index in [4.69, 9.17) is 9.84 Å². The number of carboxylic acid groups (broad SMARTS) is 1. The van der Waals surface area contributed by atoms with E-state index in [1.54, 1.807) is 7.11 Å². The molecule has 104 valence electrons. The highest BCUT2D eigenvalue weighted by molar-refractivity contribution is 5.85. The van der Waals surface area contributed by atoms with Gasteiger partial charge in [-0.1, -0.05) is 6.42 Å². The maximum atomic E-state index is 11.8. The van der Waals surface area contributed by atoms with Crippen LogP contribution in [-0.2, 0) is 14.3 Å². The van der Waals surface area contributed by atoms with Gasteiger partial charge in [0.05, 0.1) is 11.8 Å². The molecule has 0 aliphatic heterocycles. The van der Waals surface area contributed by atoms with Gasteiger partial charge in [-0.05, 0) is 32.1 Å². The molecule has 0 aromatic carbocycles. The summed E-state index contributed by atoms with van der Waals surface area (Å²) in [5, 5.41) is 11.9. The van der Waals surface area contributed by atoms with E-state index in [1.165, 1.54) is 0 Å². The van der Waals surface area contributed by atoms with Crippen LogP contribution in [0.25, 0.3) is 0 Å². The molecule has 1 rings (SSSR count). The van der Waals surface area contributed by atoms with Crippen LogP contribution in [0.1, 0.15) is 38.5 Å². The number of methoxy groups -OCH3 is 1. The third kappa shape index (κ3) is 4.64. The zero-order chi connectivity index (χ0) is 13.4. The second kappa shape index (κ2) is 8.08. The molecule has 2 atom stereocenters. The molecule has 0 bridgehead atoms. The van der Waals surface area contributed by atoms with Gasteiger partial charge in [0.1, 0.15) is 0 Å². The number of carboxylic acids is 1. The fourth-order valence-electron chi connectivity index (χ4n) is 2.46. The molecule has 0 saturated heterocycles. The lowest BCUT2D eigenvalue weighted by atomic mass is 9.95. The molecule has 0 heterocycles. The third-order valence-electron chi connectivity index (χ3n) is 3.49. The number of hydrogen-bond donors (Lipinski definition) is 2. The molecule has 18 heavy (non-hydrogen) atoms. The minimum absolute atomic E-state index is 0.0911. The topological polar surface area (TPSA) is 75.6 Å². The summed E-state index contributed by atoms with van der Waals surface area (Å²) in [6.07, 6.45) is 5.09. The summed E-state index contributed by atoms with van der Waals surface area (Å²) in [6, 6.07) is 0. The summed E-state index contributed by atoms with van der Waals surface area (Å²) in [5.74, 6) is -1.75. The second-order valence-corrected chi connectivity index (χ2v) is 4.83. The van der Waals surface area contributed by atoms with Gasteiger partial charge >= 0.3 is 5.97 Å². The highest BCUT2D eigenvalue weighted by Crippen LogP contribution is 2.31. The Morgan fingerprint density at radius 1 is 1.22 bits per heavy atom. The van der Waals surface area contributed by atoms with Crippen LogP contribution in [0.2, 0.25) is 0 Å². The average molecular weight is 257 g/mol. The molecule has 1 fully saturated rings. The standard InChI is InChI=1S/C13H23NO4/c1-18-9-4-2-3-8-14-12(15)10-6-5-7-11(10)13(16)17/h10-11H,2-9H2,1H3,(H,14,15)(H,16,17)/t10-,11+/m1/s1. The van der Waals surface area contributed by atoms with Gasteiger partial charge in [0.2, 0.25) is 5.91 Å². The number of unbranched alkanes of at least 4 members (excludes halogenated alkanes) is 2. The summed E-state index contributed by atoms with van der Waals surface area (Å²) in [4.78, 5) is 22.8. The SMILES string of the molecule is COCCCCCNC(=O)[C@@H]1CCC[C@@H]1C(=O)O. The molecule has 1 amide bonds. The highest BCUT2D eigenvalue weighted by atomic mass is 16.5. The Labute approximate surface area is 108 Å². The third-order valence-corrected chi connectivity index (χ3v) is 3.49. The molecule has 1 saturated carbocycles. The smallest absolute Gasteiger partial charge is 0.307 e. The fraction of sp³-hybridized carbons (Fsp3) is 0.846. The van der Waals surface area contributed by atoms with Gasteiger partial charge in [0.15, 0.2) is 0 Å². The van der Waals surface area contributed by atoms with Crippen molar-refractivity contribution in [3.8, 4) is 0 Å². The molecule has 0 radical (unpaired) electrons. The predicted molar refractivity (Wildman–Crippen MR) is 67.2 cm³/mol. The predicted octanol–water partition coefficient (Wildman–Crippen LogP) is 1.42. The van der Waals surface area contributed by atoms with E-state index >= 15 is 0 Å². The largest absolute Gasteiger partial charge is 0.481 e. The monoisotopic (exact) mass is 257 g/mol. The lowest BCUT2D eigenvalue weighted by Crippen LogP contribution is -2.35. The summed E-state index contributed by atoms with van der Waals surface area (Å²) in [6.45, 7) is 1.38. The number of ether oxygens (including phenoxy) is 1. The van der Waals surface area contributed by atoms with Gasteiger partial charge < -0.3 is 15.2 Å². The number of rotatable bonds is 8. The van der Waals surface area contributed by atoms with E-state index in [1.807, 2.05) is 0 Å². The van der Waals surface area contributed by atoms with E-state index < -0.39 is 11.9 Å². The number of amides is 1. The fourth-order valence-corrected chi connectivity index (χ4v) is 2.46. The van der Waals surface area contributed by atoms with Crippen LogP contribution in [-0.4, -0.2) is 37.2 Å². The average Bonchev–Trinajstić information content (AvgIpc) is 2.82. The van der Waals surface area contributed by atoms with Gasteiger partial charge in [-0.25, -0.2) is 0 Å². The lowest BCUT2D eigenvalue weighted by molar-refractivity contribution is -0.146. The highest BCUT2D eigenvalue weighted by Gasteiger charge is 2.37. The van der Waals surface area contributed by atoms with E-state index in [0.29, 0.717) is 19.4 Å². The van der Waals surface area contributed by atoms with Crippen LogP contribution in [0.3, 0.4) is 0 Å². The molecule has 2 N–H and O–H groups in total.